The summed E-state index contributed by atoms with van der Waals surface area (Å²) < 4.78 is 5.06. The molecule has 2 aromatic carbocycles. The molecule has 0 bridgehead atoms. The van der Waals surface area contributed by atoms with E-state index in [1.54, 1.807) is 0 Å². The SMILES string of the molecule is O=C1N[C@]2(CCCN(C(=O)O)[C@@H]2Cc2cccc(-c3ccccc3)c2)CCO1. The molecule has 0 saturated carbocycles. The molecule has 146 valence electrons. The van der Waals surface area contributed by atoms with Crippen LogP contribution in [0.4, 0.5) is 9.59 Å². The molecule has 2 heterocycles. The van der Waals surface area contributed by atoms with Crippen LogP contribution in [0.15, 0.2) is 54.6 Å². The fourth-order valence-electron chi connectivity index (χ4n) is 4.52. The normalized spacial score (nSPS) is 24.5. The van der Waals surface area contributed by atoms with Crippen molar-refractivity contribution in [3.63, 3.8) is 0 Å². The molecule has 2 N–H and O–H groups in total. The van der Waals surface area contributed by atoms with Crippen LogP contribution in [0.1, 0.15) is 24.8 Å². The quantitative estimate of drug-likeness (QED) is 0.846. The van der Waals surface area contributed by atoms with Crippen molar-refractivity contribution in [3.8, 4) is 11.1 Å². The summed E-state index contributed by atoms with van der Waals surface area (Å²) in [6, 6.07) is 18.0. The standard InChI is InChI=1S/C22H24N2O4/c25-20-23-22(11-13-28-20)10-5-12-24(21(26)27)19(22)15-16-6-4-9-18(14-16)17-7-2-1-3-8-17/h1-4,6-9,14,19H,5,10-13,15H2,(H,23,25)(H,26,27)/t19-,22-/m1/s1. The van der Waals surface area contributed by atoms with Crippen molar-refractivity contribution in [1.82, 2.24) is 10.2 Å². The Hall–Kier alpha value is -3.02. The van der Waals surface area contributed by atoms with Gasteiger partial charge >= 0.3 is 12.2 Å². The minimum Gasteiger partial charge on any atom is -0.465 e. The molecule has 1 spiro atoms. The molecule has 4 rings (SSSR count). The molecule has 2 fully saturated rings. The number of nitrogens with zero attached hydrogens (tertiary/aromatic N) is 1. The van der Waals surface area contributed by atoms with Gasteiger partial charge in [0, 0.05) is 13.0 Å². The molecule has 28 heavy (non-hydrogen) atoms. The molecule has 0 unspecified atom stereocenters. The first kappa shape index (κ1) is 18.3. The summed E-state index contributed by atoms with van der Waals surface area (Å²) in [5.74, 6) is 0. The van der Waals surface area contributed by atoms with Crippen molar-refractivity contribution in [2.24, 2.45) is 0 Å². The summed E-state index contributed by atoms with van der Waals surface area (Å²) in [6.45, 7) is 0.802. The zero-order chi connectivity index (χ0) is 19.6. The second kappa shape index (κ2) is 7.54. The maximum Gasteiger partial charge on any atom is 0.407 e. The average Bonchev–Trinajstić information content (AvgIpc) is 2.70. The number of alkyl carbamates (subject to hydrolysis) is 1. The number of carboxylic acid groups (broad SMARTS) is 1. The van der Waals surface area contributed by atoms with E-state index in [1.165, 1.54) is 4.90 Å². The number of carbonyl (C=O) groups is 2. The highest BCUT2D eigenvalue weighted by Gasteiger charge is 2.49. The number of hydrogen-bond donors (Lipinski definition) is 2. The largest absolute Gasteiger partial charge is 0.465 e. The summed E-state index contributed by atoms with van der Waals surface area (Å²) in [5.41, 5.74) is 2.70. The van der Waals surface area contributed by atoms with Crippen molar-refractivity contribution in [2.75, 3.05) is 13.2 Å². The van der Waals surface area contributed by atoms with Crippen molar-refractivity contribution < 1.29 is 19.4 Å². The average molecular weight is 380 g/mol. The van der Waals surface area contributed by atoms with Crippen molar-refractivity contribution >= 4 is 12.2 Å². The summed E-state index contributed by atoms with van der Waals surface area (Å²) in [5, 5.41) is 12.7. The lowest BCUT2D eigenvalue weighted by atomic mass is 9.75. The van der Waals surface area contributed by atoms with Gasteiger partial charge in [0.25, 0.3) is 0 Å². The van der Waals surface area contributed by atoms with Gasteiger partial charge in [-0.15, -0.1) is 0 Å². The highest BCUT2D eigenvalue weighted by atomic mass is 16.6. The molecule has 0 aliphatic carbocycles. The number of ether oxygens (including phenoxy) is 1. The highest BCUT2D eigenvalue weighted by molar-refractivity contribution is 5.71. The van der Waals surface area contributed by atoms with Crippen molar-refractivity contribution in [2.45, 2.75) is 37.3 Å². The number of nitrogens with one attached hydrogen (secondary N) is 1. The van der Waals surface area contributed by atoms with E-state index < -0.39 is 17.7 Å². The van der Waals surface area contributed by atoms with Crippen molar-refractivity contribution in [3.05, 3.63) is 60.2 Å². The number of piperidine rings is 1. The van der Waals surface area contributed by atoms with Gasteiger partial charge < -0.3 is 20.1 Å². The second-order valence-corrected chi connectivity index (χ2v) is 7.53. The molecular weight excluding hydrogens is 356 g/mol. The van der Waals surface area contributed by atoms with E-state index in [1.807, 2.05) is 30.3 Å². The van der Waals surface area contributed by atoms with Gasteiger partial charge in [-0.3, -0.25) is 0 Å². The lowest BCUT2D eigenvalue weighted by molar-refractivity contribution is 0.00715. The first-order valence-electron chi connectivity index (χ1n) is 9.66. The number of rotatable bonds is 3. The van der Waals surface area contributed by atoms with E-state index >= 15 is 0 Å². The predicted molar refractivity (Wildman–Crippen MR) is 105 cm³/mol. The number of likely N-dealkylation sites (tertiary alicyclic amines) is 1. The van der Waals surface area contributed by atoms with E-state index in [-0.39, 0.29) is 6.04 Å². The van der Waals surface area contributed by atoms with E-state index in [2.05, 4.69) is 29.6 Å². The lowest BCUT2D eigenvalue weighted by Crippen LogP contribution is -2.68. The Morgan fingerprint density at radius 3 is 2.68 bits per heavy atom. The van der Waals surface area contributed by atoms with Crippen LogP contribution in [0, 0.1) is 0 Å². The first-order chi connectivity index (χ1) is 13.6. The highest BCUT2D eigenvalue weighted by Crippen LogP contribution is 2.35. The third-order valence-electron chi connectivity index (χ3n) is 5.88. The van der Waals surface area contributed by atoms with E-state index in [9.17, 15) is 14.7 Å². The van der Waals surface area contributed by atoms with Gasteiger partial charge in [-0.1, -0.05) is 54.6 Å². The summed E-state index contributed by atoms with van der Waals surface area (Å²) in [7, 11) is 0. The molecule has 6 heteroatoms. The van der Waals surface area contributed by atoms with Gasteiger partial charge in [-0.2, -0.15) is 0 Å². The van der Waals surface area contributed by atoms with Gasteiger partial charge in [0.15, 0.2) is 0 Å². The number of cyclic esters (lactones) is 1. The van der Waals surface area contributed by atoms with Crippen LogP contribution in [0.3, 0.4) is 0 Å². The molecular formula is C22H24N2O4. The van der Waals surface area contributed by atoms with Crippen molar-refractivity contribution in [1.29, 1.82) is 0 Å². The molecule has 2 saturated heterocycles. The number of benzene rings is 2. The minimum absolute atomic E-state index is 0.319. The molecule has 2 aliphatic rings. The Labute approximate surface area is 164 Å². The van der Waals surface area contributed by atoms with Crippen LogP contribution in [0.25, 0.3) is 11.1 Å². The fourth-order valence-corrected chi connectivity index (χ4v) is 4.52. The van der Waals surface area contributed by atoms with Gasteiger partial charge in [0.1, 0.15) is 0 Å². The Bertz CT molecular complexity index is 866. The lowest BCUT2D eigenvalue weighted by Gasteiger charge is -2.50. The molecule has 0 radical (unpaired) electrons. The Balaban J connectivity index is 1.66. The number of hydrogen-bond acceptors (Lipinski definition) is 3. The summed E-state index contributed by atoms with van der Waals surface area (Å²) >= 11 is 0. The fraction of sp³-hybridized carbons (Fsp3) is 0.364. The van der Waals surface area contributed by atoms with E-state index in [0.717, 1.165) is 29.5 Å². The molecule has 2 amide bonds. The topological polar surface area (TPSA) is 78.9 Å². The molecule has 2 aromatic rings. The minimum atomic E-state index is -0.941. The molecule has 0 aromatic heterocycles. The monoisotopic (exact) mass is 380 g/mol. The summed E-state index contributed by atoms with van der Waals surface area (Å²) in [4.78, 5) is 25.4. The second-order valence-electron chi connectivity index (χ2n) is 7.53. The predicted octanol–water partition coefficient (Wildman–Crippen LogP) is 3.91. The third kappa shape index (κ3) is 3.54. The number of carbonyl (C=O) groups excluding carboxylic acids is 1. The smallest absolute Gasteiger partial charge is 0.407 e. The first-order valence-corrected chi connectivity index (χ1v) is 9.66. The Kier molecular flexibility index (Phi) is 4.94. The van der Waals surface area contributed by atoms with Gasteiger partial charge in [0.05, 0.1) is 18.2 Å². The Morgan fingerprint density at radius 1 is 1.14 bits per heavy atom. The van der Waals surface area contributed by atoms with Crippen LogP contribution in [-0.2, 0) is 11.2 Å². The molecule has 2 aliphatic heterocycles. The van der Waals surface area contributed by atoms with Gasteiger partial charge in [-0.25, -0.2) is 9.59 Å². The third-order valence-corrected chi connectivity index (χ3v) is 5.88. The van der Waals surface area contributed by atoms with Crippen LogP contribution >= 0.6 is 0 Å². The van der Waals surface area contributed by atoms with Gasteiger partial charge in [-0.05, 0) is 36.0 Å². The van der Waals surface area contributed by atoms with Gasteiger partial charge in [0.2, 0.25) is 0 Å². The summed E-state index contributed by atoms with van der Waals surface area (Å²) in [6.07, 6.45) is 1.26. The zero-order valence-corrected chi connectivity index (χ0v) is 15.6. The van der Waals surface area contributed by atoms with Crippen LogP contribution < -0.4 is 5.32 Å². The molecule has 2 atom stereocenters. The molecule has 6 nitrogen and oxygen atoms in total. The zero-order valence-electron chi connectivity index (χ0n) is 15.6. The maximum atomic E-state index is 12.0. The van der Waals surface area contributed by atoms with E-state index in [4.69, 9.17) is 4.74 Å². The van der Waals surface area contributed by atoms with Crippen LogP contribution in [0.5, 0.6) is 0 Å². The number of amides is 2. The van der Waals surface area contributed by atoms with E-state index in [0.29, 0.717) is 26.0 Å². The maximum absolute atomic E-state index is 12.0. The Morgan fingerprint density at radius 2 is 1.93 bits per heavy atom. The van der Waals surface area contributed by atoms with Crippen LogP contribution in [0.2, 0.25) is 0 Å². The van der Waals surface area contributed by atoms with Crippen LogP contribution in [-0.4, -0.2) is 46.9 Å².